The molecule has 94 valence electrons. The standard InChI is InChI=1S/C14H13Cl2NO/c1-9-2-5-12(15)14(6-9)18-11-4-3-10(8-17)13(16)7-11/h2-7H,8,17H2,1H3. The first-order valence-electron chi connectivity index (χ1n) is 5.52. The van der Waals surface area contributed by atoms with Gasteiger partial charge in [-0.2, -0.15) is 0 Å². The van der Waals surface area contributed by atoms with Crippen molar-refractivity contribution in [2.45, 2.75) is 13.5 Å². The molecule has 0 unspecified atom stereocenters. The highest BCUT2D eigenvalue weighted by Gasteiger charge is 2.06. The molecule has 0 atom stereocenters. The van der Waals surface area contributed by atoms with Gasteiger partial charge in [-0.3, -0.25) is 0 Å². The molecule has 0 radical (unpaired) electrons. The van der Waals surface area contributed by atoms with Crippen molar-refractivity contribution in [1.82, 2.24) is 0 Å². The van der Waals surface area contributed by atoms with Crippen molar-refractivity contribution in [2.24, 2.45) is 5.73 Å². The normalized spacial score (nSPS) is 10.4. The van der Waals surface area contributed by atoms with Crippen LogP contribution in [-0.4, -0.2) is 0 Å². The highest BCUT2D eigenvalue weighted by Crippen LogP contribution is 2.32. The molecule has 2 aromatic rings. The van der Waals surface area contributed by atoms with Crippen LogP contribution in [0.1, 0.15) is 11.1 Å². The van der Waals surface area contributed by atoms with Gasteiger partial charge in [0.2, 0.25) is 0 Å². The van der Waals surface area contributed by atoms with Crippen LogP contribution in [0.25, 0.3) is 0 Å². The minimum atomic E-state index is 0.407. The Hall–Kier alpha value is -1.22. The Morgan fingerprint density at radius 1 is 1.06 bits per heavy atom. The van der Waals surface area contributed by atoms with Gasteiger partial charge in [0, 0.05) is 11.6 Å². The molecule has 0 bridgehead atoms. The van der Waals surface area contributed by atoms with E-state index in [1.54, 1.807) is 6.07 Å². The molecule has 0 amide bonds. The Bertz CT molecular complexity index is 570. The Balaban J connectivity index is 2.28. The molecule has 0 saturated carbocycles. The van der Waals surface area contributed by atoms with Crippen LogP contribution in [0, 0.1) is 6.92 Å². The van der Waals surface area contributed by atoms with Crippen molar-refractivity contribution in [3.63, 3.8) is 0 Å². The lowest BCUT2D eigenvalue weighted by Gasteiger charge is -2.10. The van der Waals surface area contributed by atoms with Crippen LogP contribution in [0.5, 0.6) is 11.5 Å². The second-order valence-corrected chi connectivity index (χ2v) is 4.81. The van der Waals surface area contributed by atoms with Crippen LogP contribution in [0.4, 0.5) is 0 Å². The summed E-state index contributed by atoms with van der Waals surface area (Å²) in [4.78, 5) is 0. The Labute approximate surface area is 116 Å². The van der Waals surface area contributed by atoms with Crippen molar-refractivity contribution in [2.75, 3.05) is 0 Å². The molecule has 0 aliphatic carbocycles. The quantitative estimate of drug-likeness (QED) is 0.896. The molecule has 0 saturated heterocycles. The molecule has 2 rings (SSSR count). The number of hydrogen-bond donors (Lipinski definition) is 1. The summed E-state index contributed by atoms with van der Waals surface area (Å²) in [5, 5.41) is 1.17. The maximum absolute atomic E-state index is 6.07. The van der Waals surface area contributed by atoms with Gasteiger partial charge in [-0.15, -0.1) is 0 Å². The molecule has 0 fully saturated rings. The van der Waals surface area contributed by atoms with Crippen molar-refractivity contribution in [3.05, 3.63) is 57.6 Å². The Morgan fingerprint density at radius 3 is 2.50 bits per heavy atom. The van der Waals surface area contributed by atoms with Gasteiger partial charge in [0.1, 0.15) is 11.5 Å². The highest BCUT2D eigenvalue weighted by atomic mass is 35.5. The molecule has 0 spiro atoms. The van der Waals surface area contributed by atoms with Gasteiger partial charge in [-0.25, -0.2) is 0 Å². The molecule has 2 N–H and O–H groups in total. The van der Waals surface area contributed by atoms with Crippen LogP contribution >= 0.6 is 23.2 Å². The first-order chi connectivity index (χ1) is 8.60. The molecule has 0 aliphatic rings. The maximum atomic E-state index is 6.07. The fraction of sp³-hybridized carbons (Fsp3) is 0.143. The summed E-state index contributed by atoms with van der Waals surface area (Å²) in [6.07, 6.45) is 0. The molecule has 2 nitrogen and oxygen atoms in total. The van der Waals surface area contributed by atoms with E-state index in [0.717, 1.165) is 11.1 Å². The lowest BCUT2D eigenvalue weighted by atomic mass is 10.2. The second-order valence-electron chi connectivity index (χ2n) is 3.99. The van der Waals surface area contributed by atoms with Crippen molar-refractivity contribution < 1.29 is 4.74 Å². The van der Waals surface area contributed by atoms with E-state index >= 15 is 0 Å². The number of aryl methyl sites for hydroxylation is 1. The van der Waals surface area contributed by atoms with E-state index in [9.17, 15) is 0 Å². The average molecular weight is 282 g/mol. The molecular weight excluding hydrogens is 269 g/mol. The van der Waals surface area contributed by atoms with Crippen LogP contribution in [0.15, 0.2) is 36.4 Å². The van der Waals surface area contributed by atoms with E-state index in [0.29, 0.717) is 28.1 Å². The van der Waals surface area contributed by atoms with Crippen molar-refractivity contribution in [1.29, 1.82) is 0 Å². The smallest absolute Gasteiger partial charge is 0.146 e. The molecule has 18 heavy (non-hydrogen) atoms. The van der Waals surface area contributed by atoms with Gasteiger partial charge < -0.3 is 10.5 Å². The summed E-state index contributed by atoms with van der Waals surface area (Å²) < 4.78 is 5.71. The van der Waals surface area contributed by atoms with Crippen LogP contribution < -0.4 is 10.5 Å². The first-order valence-corrected chi connectivity index (χ1v) is 6.28. The predicted octanol–water partition coefficient (Wildman–Crippen LogP) is 4.55. The average Bonchev–Trinajstić information content (AvgIpc) is 2.34. The van der Waals surface area contributed by atoms with Gasteiger partial charge in [0.25, 0.3) is 0 Å². The number of hydrogen-bond acceptors (Lipinski definition) is 2. The largest absolute Gasteiger partial charge is 0.456 e. The summed E-state index contributed by atoms with van der Waals surface area (Å²) in [6.45, 7) is 2.39. The van der Waals surface area contributed by atoms with Gasteiger partial charge >= 0.3 is 0 Å². The van der Waals surface area contributed by atoms with E-state index in [1.165, 1.54) is 0 Å². The monoisotopic (exact) mass is 281 g/mol. The molecule has 0 aromatic heterocycles. The zero-order chi connectivity index (χ0) is 13.1. The summed E-state index contributed by atoms with van der Waals surface area (Å²) >= 11 is 12.1. The minimum absolute atomic E-state index is 0.407. The van der Waals surface area contributed by atoms with Crippen LogP contribution in [0.2, 0.25) is 10.0 Å². The van der Waals surface area contributed by atoms with Gasteiger partial charge in [-0.1, -0.05) is 35.3 Å². The van der Waals surface area contributed by atoms with Gasteiger partial charge in [0.05, 0.1) is 5.02 Å². The molecular formula is C14H13Cl2NO. The van der Waals surface area contributed by atoms with E-state index in [2.05, 4.69) is 0 Å². The number of halogens is 2. The molecule has 2 aromatic carbocycles. The molecule has 0 heterocycles. The lowest BCUT2D eigenvalue weighted by Crippen LogP contribution is -1.97. The number of ether oxygens (including phenoxy) is 1. The van der Waals surface area contributed by atoms with Crippen LogP contribution in [-0.2, 0) is 6.54 Å². The number of rotatable bonds is 3. The van der Waals surface area contributed by atoms with Crippen molar-refractivity contribution in [3.8, 4) is 11.5 Å². The summed E-state index contributed by atoms with van der Waals surface area (Å²) in [5.41, 5.74) is 7.52. The molecule has 0 aliphatic heterocycles. The minimum Gasteiger partial charge on any atom is -0.456 e. The fourth-order valence-corrected chi connectivity index (χ4v) is 1.98. The topological polar surface area (TPSA) is 35.2 Å². The number of nitrogens with two attached hydrogens (primary N) is 1. The predicted molar refractivity (Wildman–Crippen MR) is 75.6 cm³/mol. The van der Waals surface area contributed by atoms with E-state index in [1.807, 2.05) is 37.3 Å². The lowest BCUT2D eigenvalue weighted by molar-refractivity contribution is 0.482. The second kappa shape index (κ2) is 5.61. The van der Waals surface area contributed by atoms with Crippen LogP contribution in [0.3, 0.4) is 0 Å². The zero-order valence-electron chi connectivity index (χ0n) is 9.91. The molecule has 4 heteroatoms. The summed E-state index contributed by atoms with van der Waals surface area (Å²) in [5.74, 6) is 1.26. The maximum Gasteiger partial charge on any atom is 0.146 e. The van der Waals surface area contributed by atoms with Gasteiger partial charge in [0.15, 0.2) is 0 Å². The third kappa shape index (κ3) is 2.96. The zero-order valence-corrected chi connectivity index (χ0v) is 11.4. The third-order valence-corrected chi connectivity index (χ3v) is 3.22. The summed E-state index contributed by atoms with van der Waals surface area (Å²) in [7, 11) is 0. The summed E-state index contributed by atoms with van der Waals surface area (Å²) in [6, 6.07) is 11.0. The van der Waals surface area contributed by atoms with Gasteiger partial charge in [-0.05, 0) is 42.3 Å². The fourth-order valence-electron chi connectivity index (χ4n) is 1.57. The number of benzene rings is 2. The highest BCUT2D eigenvalue weighted by molar-refractivity contribution is 6.32. The SMILES string of the molecule is Cc1ccc(Cl)c(Oc2ccc(CN)c(Cl)c2)c1. The Kier molecular flexibility index (Phi) is 4.12. The first kappa shape index (κ1) is 13.2. The third-order valence-electron chi connectivity index (χ3n) is 2.56. The van der Waals surface area contributed by atoms with E-state index < -0.39 is 0 Å². The van der Waals surface area contributed by atoms with E-state index in [4.69, 9.17) is 33.7 Å². The van der Waals surface area contributed by atoms with E-state index in [-0.39, 0.29) is 0 Å². The Morgan fingerprint density at radius 2 is 1.83 bits per heavy atom. The van der Waals surface area contributed by atoms with Crippen molar-refractivity contribution >= 4 is 23.2 Å².